The van der Waals surface area contributed by atoms with Crippen LogP contribution in [0.2, 0.25) is 0 Å². The summed E-state index contributed by atoms with van der Waals surface area (Å²) in [6.07, 6.45) is -4.32. The van der Waals surface area contributed by atoms with Gasteiger partial charge in [0, 0.05) is 0 Å². The topological polar surface area (TPSA) is 116 Å². The van der Waals surface area contributed by atoms with Crippen LogP contribution >= 0.6 is 31.1 Å². The van der Waals surface area contributed by atoms with Crippen LogP contribution in [0.25, 0.3) is 0 Å². The highest BCUT2D eigenvalue weighted by Crippen LogP contribution is 2.52. The summed E-state index contributed by atoms with van der Waals surface area (Å²) in [5.74, 6) is -1.24. The monoisotopic (exact) mass is 584 g/mol. The first-order valence-electron chi connectivity index (χ1n) is 8.36. The van der Waals surface area contributed by atoms with Crippen molar-refractivity contribution in [1.29, 1.82) is 0 Å². The van der Waals surface area contributed by atoms with E-state index in [0.717, 1.165) is 6.07 Å². The maximum absolute atomic E-state index is 12.5. The lowest BCUT2D eigenvalue weighted by atomic mass is 10.2. The van der Waals surface area contributed by atoms with Crippen molar-refractivity contribution in [2.24, 2.45) is 0 Å². The van der Waals surface area contributed by atoms with Crippen molar-refractivity contribution in [2.45, 2.75) is 23.8 Å². The van der Waals surface area contributed by atoms with Crippen molar-refractivity contribution in [3.8, 4) is 5.75 Å². The molecule has 0 aromatic heterocycles. The zero-order chi connectivity index (χ0) is 24.2. The van der Waals surface area contributed by atoms with Crippen molar-refractivity contribution in [3.63, 3.8) is 0 Å². The van der Waals surface area contributed by atoms with Gasteiger partial charge >= 0.3 is 21.4 Å². The maximum Gasteiger partial charge on any atom is 0.442 e. The minimum atomic E-state index is -5.19. The standard InChI is InChI=1S/C16H15BrF4O8P2S/c17-14-7-13(5-6-15(14)27-31(23,24)16(18)19)10-32(25,26)9-12-3-1-11(2-4-12)8-30(22,28-20)29-21/h1-7,16H,8-10H2,(H,23,24). The number of halogens is 5. The first-order chi connectivity index (χ1) is 14.8. The molecule has 0 aliphatic rings. The summed E-state index contributed by atoms with van der Waals surface area (Å²) in [5.41, 5.74) is 0.740. The molecule has 1 N–H and O–H groups in total. The van der Waals surface area contributed by atoms with Gasteiger partial charge < -0.3 is 9.42 Å². The Bertz CT molecular complexity index is 1140. The number of rotatable bonds is 11. The van der Waals surface area contributed by atoms with E-state index in [0.29, 0.717) is 5.56 Å². The smallest absolute Gasteiger partial charge is 0.420 e. The fraction of sp³-hybridized carbons (Fsp3) is 0.250. The van der Waals surface area contributed by atoms with E-state index in [4.69, 9.17) is 4.89 Å². The summed E-state index contributed by atoms with van der Waals surface area (Å²) in [6.45, 7) is 0. The third kappa shape index (κ3) is 7.65. The summed E-state index contributed by atoms with van der Waals surface area (Å²) in [6, 6.07) is 8.86. The molecular weight excluding hydrogens is 570 g/mol. The van der Waals surface area contributed by atoms with Crippen LogP contribution in [0.3, 0.4) is 0 Å². The third-order valence-electron chi connectivity index (χ3n) is 3.85. The summed E-state index contributed by atoms with van der Waals surface area (Å²) in [7, 11) is -13.5. The van der Waals surface area contributed by atoms with Gasteiger partial charge in [0.1, 0.15) is 5.75 Å². The van der Waals surface area contributed by atoms with E-state index in [-0.39, 0.29) is 21.3 Å². The molecule has 178 valence electrons. The van der Waals surface area contributed by atoms with Crippen LogP contribution < -0.4 is 4.52 Å². The molecule has 32 heavy (non-hydrogen) atoms. The van der Waals surface area contributed by atoms with Crippen LogP contribution in [0, 0.1) is 0 Å². The van der Waals surface area contributed by atoms with Gasteiger partial charge in [0.05, 0.1) is 22.1 Å². The van der Waals surface area contributed by atoms with Gasteiger partial charge in [0.25, 0.3) is 0 Å². The molecule has 0 saturated carbocycles. The van der Waals surface area contributed by atoms with E-state index in [2.05, 4.69) is 29.9 Å². The van der Waals surface area contributed by atoms with Gasteiger partial charge in [-0.2, -0.15) is 8.78 Å². The average Bonchev–Trinajstić information content (AvgIpc) is 2.70. The molecule has 2 aromatic rings. The molecule has 1 unspecified atom stereocenters. The van der Waals surface area contributed by atoms with E-state index in [1.165, 1.54) is 36.4 Å². The summed E-state index contributed by atoms with van der Waals surface area (Å²) in [4.78, 5) is 9.10. The maximum atomic E-state index is 12.5. The molecule has 2 aromatic carbocycles. The fourth-order valence-electron chi connectivity index (χ4n) is 2.47. The third-order valence-corrected chi connectivity index (χ3v) is 8.15. The molecule has 0 aliphatic carbocycles. The molecule has 0 aliphatic heterocycles. The van der Waals surface area contributed by atoms with Crippen molar-refractivity contribution in [1.82, 2.24) is 0 Å². The number of hydrogen-bond acceptors (Lipinski definition) is 7. The molecule has 0 saturated heterocycles. The predicted molar refractivity (Wildman–Crippen MR) is 109 cm³/mol. The number of hydrogen-bond donors (Lipinski definition) is 1. The number of benzene rings is 2. The average molecular weight is 585 g/mol. The van der Waals surface area contributed by atoms with E-state index < -0.39 is 48.9 Å². The van der Waals surface area contributed by atoms with Gasteiger partial charge in [0.15, 0.2) is 9.84 Å². The summed E-state index contributed by atoms with van der Waals surface area (Å²) in [5, 5.41) is 0. The minimum Gasteiger partial charge on any atom is -0.420 e. The largest absolute Gasteiger partial charge is 0.442 e. The van der Waals surface area contributed by atoms with Crippen LogP contribution in [0.5, 0.6) is 5.75 Å². The molecule has 0 amide bonds. The van der Waals surface area contributed by atoms with Gasteiger partial charge in [-0.05, 0) is 53.8 Å². The molecule has 0 heterocycles. The Morgan fingerprint density at radius 2 is 1.44 bits per heavy atom. The normalized spacial score (nSPS) is 14.3. The Balaban J connectivity index is 2.08. The van der Waals surface area contributed by atoms with Crippen LogP contribution in [0.4, 0.5) is 17.8 Å². The van der Waals surface area contributed by atoms with Gasteiger partial charge in [-0.25, -0.2) is 13.0 Å². The SMILES string of the molecule is O=P(Cc1ccc(CS(=O)(=O)Cc2ccc(OP(=O)(O)C(F)F)c(Br)c2)cc1)(OF)OF. The molecule has 0 fully saturated rings. The molecule has 0 radical (unpaired) electrons. The molecular formula is C16H15BrF4O8P2S. The Labute approximate surface area is 188 Å². The van der Waals surface area contributed by atoms with Crippen molar-refractivity contribution in [3.05, 3.63) is 63.6 Å². The van der Waals surface area contributed by atoms with Crippen molar-refractivity contribution >= 4 is 41.0 Å². The first-order valence-corrected chi connectivity index (χ1v) is 14.3. The van der Waals surface area contributed by atoms with Crippen LogP contribution in [0.1, 0.15) is 16.7 Å². The second-order valence-electron chi connectivity index (χ2n) is 6.45. The molecule has 1 atom stereocenters. The second-order valence-corrected chi connectivity index (χ2v) is 12.9. The second kappa shape index (κ2) is 10.8. The lowest BCUT2D eigenvalue weighted by Crippen LogP contribution is -2.08. The lowest BCUT2D eigenvalue weighted by Gasteiger charge is -2.14. The summed E-state index contributed by atoms with van der Waals surface area (Å²) >= 11 is 2.97. The van der Waals surface area contributed by atoms with Gasteiger partial charge in [0.2, 0.25) is 0 Å². The first kappa shape index (κ1) is 27.0. The van der Waals surface area contributed by atoms with Crippen molar-refractivity contribution < 1.29 is 54.3 Å². The molecule has 0 bridgehead atoms. The van der Waals surface area contributed by atoms with E-state index in [1.54, 1.807) is 0 Å². The highest BCUT2D eigenvalue weighted by molar-refractivity contribution is 9.10. The van der Waals surface area contributed by atoms with E-state index >= 15 is 0 Å². The number of alkyl halides is 2. The van der Waals surface area contributed by atoms with Crippen molar-refractivity contribution in [2.75, 3.05) is 0 Å². The Hall–Kier alpha value is -1.27. The highest BCUT2D eigenvalue weighted by Gasteiger charge is 2.35. The fourth-order valence-corrected chi connectivity index (χ4v) is 5.89. The summed E-state index contributed by atoms with van der Waals surface area (Å²) < 4.78 is 107. The van der Waals surface area contributed by atoms with Gasteiger partial charge in [-0.15, -0.1) is 9.46 Å². The number of sulfone groups is 1. The quantitative estimate of drug-likeness (QED) is 0.258. The van der Waals surface area contributed by atoms with Crippen LogP contribution in [0.15, 0.2) is 46.9 Å². The van der Waals surface area contributed by atoms with E-state index in [1.807, 2.05) is 0 Å². The minimum absolute atomic E-state index is 0.000860. The molecule has 2 rings (SSSR count). The van der Waals surface area contributed by atoms with Gasteiger partial charge in [-0.1, -0.05) is 30.3 Å². The zero-order valence-electron chi connectivity index (χ0n) is 15.7. The van der Waals surface area contributed by atoms with E-state index in [9.17, 15) is 35.4 Å². The Morgan fingerprint density at radius 1 is 0.938 bits per heavy atom. The van der Waals surface area contributed by atoms with Crippen LogP contribution in [-0.2, 0) is 46.1 Å². The Morgan fingerprint density at radius 3 is 1.94 bits per heavy atom. The zero-order valence-corrected chi connectivity index (χ0v) is 19.9. The Kier molecular flexibility index (Phi) is 9.08. The molecule has 0 spiro atoms. The van der Waals surface area contributed by atoms with Crippen LogP contribution in [-0.4, -0.2) is 19.5 Å². The highest BCUT2D eigenvalue weighted by atomic mass is 79.9. The predicted octanol–water partition coefficient (Wildman–Crippen LogP) is 5.85. The molecule has 16 heteroatoms. The lowest BCUT2D eigenvalue weighted by molar-refractivity contribution is -0.0881. The van der Waals surface area contributed by atoms with Gasteiger partial charge in [-0.3, -0.25) is 4.57 Å². The molecule has 8 nitrogen and oxygen atoms in total.